The van der Waals surface area contributed by atoms with Crippen LogP contribution in [0.3, 0.4) is 0 Å². The predicted octanol–water partition coefficient (Wildman–Crippen LogP) is 4.50. The molecule has 1 unspecified atom stereocenters. The fourth-order valence-electron chi connectivity index (χ4n) is 3.57. The molecule has 1 aliphatic carbocycles. The Hall–Kier alpha value is -1.49. The lowest BCUT2D eigenvalue weighted by atomic mass is 10.0. The first kappa shape index (κ1) is 17.3. The van der Waals surface area contributed by atoms with E-state index in [4.69, 9.17) is 21.1 Å². The van der Waals surface area contributed by atoms with Crippen LogP contribution in [0.25, 0.3) is 0 Å². The van der Waals surface area contributed by atoms with Crippen LogP contribution < -0.4 is 4.74 Å². The van der Waals surface area contributed by atoms with Crippen molar-refractivity contribution in [1.29, 1.82) is 0 Å². The number of benzene rings is 1. The molecule has 3 atom stereocenters. The van der Waals surface area contributed by atoms with Crippen LogP contribution in [0.1, 0.15) is 33.6 Å². The average molecular weight is 356 g/mol. The standard InChI is InChI=1S/C18H23ClFNO3/c1-18(2,3)24-17(22)21-9-11-6-14(7-12(11)10-21)23-16-5-4-13(20)8-15(16)19/h4-5,8,11-12,14H,6-7,9-10H2,1-3H3/t11-,12+,14?. The van der Waals surface area contributed by atoms with E-state index < -0.39 is 5.60 Å². The highest BCUT2D eigenvalue weighted by molar-refractivity contribution is 6.32. The molecule has 2 aliphatic rings. The number of hydrogen-bond acceptors (Lipinski definition) is 3. The zero-order chi connectivity index (χ0) is 17.5. The van der Waals surface area contributed by atoms with Crippen LogP contribution in [-0.4, -0.2) is 35.8 Å². The van der Waals surface area contributed by atoms with E-state index in [2.05, 4.69) is 0 Å². The van der Waals surface area contributed by atoms with E-state index in [1.54, 1.807) is 11.0 Å². The van der Waals surface area contributed by atoms with Gasteiger partial charge < -0.3 is 14.4 Å². The molecule has 2 fully saturated rings. The van der Waals surface area contributed by atoms with Crippen LogP contribution >= 0.6 is 11.6 Å². The molecule has 4 nitrogen and oxygen atoms in total. The number of carbonyl (C=O) groups is 1. The van der Waals surface area contributed by atoms with Crippen molar-refractivity contribution in [2.45, 2.75) is 45.3 Å². The van der Waals surface area contributed by atoms with Gasteiger partial charge in [-0.15, -0.1) is 0 Å². The Morgan fingerprint density at radius 3 is 2.42 bits per heavy atom. The number of rotatable bonds is 2. The number of likely N-dealkylation sites (tertiary alicyclic amines) is 1. The molecule has 132 valence electrons. The zero-order valence-corrected chi connectivity index (χ0v) is 15.0. The van der Waals surface area contributed by atoms with Gasteiger partial charge in [0.15, 0.2) is 0 Å². The SMILES string of the molecule is CC(C)(C)OC(=O)N1C[C@H]2CC(Oc3ccc(F)cc3Cl)C[C@H]2C1. The van der Waals surface area contributed by atoms with Gasteiger partial charge in [-0.25, -0.2) is 9.18 Å². The topological polar surface area (TPSA) is 38.8 Å². The maximum atomic E-state index is 13.1. The van der Waals surface area contributed by atoms with Crippen molar-refractivity contribution in [1.82, 2.24) is 4.90 Å². The smallest absolute Gasteiger partial charge is 0.410 e. The molecule has 6 heteroatoms. The lowest BCUT2D eigenvalue weighted by Gasteiger charge is -2.25. The molecule has 0 aromatic heterocycles. The maximum Gasteiger partial charge on any atom is 0.410 e. The quantitative estimate of drug-likeness (QED) is 0.783. The summed E-state index contributed by atoms with van der Waals surface area (Å²) in [5, 5.41) is 0.294. The molecule has 1 amide bonds. The number of ether oxygens (including phenoxy) is 2. The third-order valence-corrected chi connectivity index (χ3v) is 4.84. The minimum Gasteiger partial charge on any atom is -0.489 e. The second kappa shape index (κ2) is 6.43. The molecule has 24 heavy (non-hydrogen) atoms. The van der Waals surface area contributed by atoms with Crippen molar-refractivity contribution < 1.29 is 18.7 Å². The van der Waals surface area contributed by atoms with E-state index in [-0.39, 0.29) is 18.0 Å². The highest BCUT2D eigenvalue weighted by atomic mass is 35.5. The van der Waals surface area contributed by atoms with Gasteiger partial charge in [0.25, 0.3) is 0 Å². The average Bonchev–Trinajstić information content (AvgIpc) is 2.98. The van der Waals surface area contributed by atoms with Gasteiger partial charge in [0, 0.05) is 13.1 Å². The Morgan fingerprint density at radius 2 is 1.88 bits per heavy atom. The second-order valence-electron chi connectivity index (χ2n) is 7.69. The summed E-state index contributed by atoms with van der Waals surface area (Å²) in [5.41, 5.74) is -0.472. The van der Waals surface area contributed by atoms with E-state index >= 15 is 0 Å². The van der Waals surface area contributed by atoms with Gasteiger partial charge in [-0.1, -0.05) is 11.6 Å². The molecule has 0 spiro atoms. The Labute approximate surface area is 146 Å². The van der Waals surface area contributed by atoms with E-state index in [0.29, 0.717) is 35.7 Å². The maximum absolute atomic E-state index is 13.1. The lowest BCUT2D eigenvalue weighted by molar-refractivity contribution is 0.0272. The molecule has 0 bridgehead atoms. The summed E-state index contributed by atoms with van der Waals surface area (Å²) in [6.07, 6.45) is 1.56. The lowest BCUT2D eigenvalue weighted by Crippen LogP contribution is -2.36. The largest absolute Gasteiger partial charge is 0.489 e. The van der Waals surface area contributed by atoms with Gasteiger partial charge >= 0.3 is 6.09 Å². The van der Waals surface area contributed by atoms with Crippen molar-refractivity contribution in [2.24, 2.45) is 11.8 Å². The van der Waals surface area contributed by atoms with Gasteiger partial charge in [-0.2, -0.15) is 0 Å². The van der Waals surface area contributed by atoms with Crippen LogP contribution in [0.2, 0.25) is 5.02 Å². The number of fused-ring (bicyclic) bond motifs is 1. The highest BCUT2D eigenvalue weighted by Crippen LogP contribution is 2.41. The minimum atomic E-state index is -0.472. The number of hydrogen-bond donors (Lipinski definition) is 0. The Morgan fingerprint density at radius 1 is 1.25 bits per heavy atom. The first-order chi connectivity index (χ1) is 11.2. The summed E-state index contributed by atoms with van der Waals surface area (Å²) in [7, 11) is 0. The fourth-order valence-corrected chi connectivity index (χ4v) is 3.78. The summed E-state index contributed by atoms with van der Waals surface area (Å²) >= 11 is 6.02. The van der Waals surface area contributed by atoms with Gasteiger partial charge in [0.05, 0.1) is 11.1 Å². The molecule has 1 aromatic carbocycles. The molecule has 0 radical (unpaired) electrons. The first-order valence-electron chi connectivity index (χ1n) is 8.31. The predicted molar refractivity (Wildman–Crippen MR) is 89.8 cm³/mol. The van der Waals surface area contributed by atoms with Crippen molar-refractivity contribution >= 4 is 17.7 Å². The molecule has 1 saturated heterocycles. The van der Waals surface area contributed by atoms with E-state index in [1.165, 1.54) is 12.1 Å². The minimum absolute atomic E-state index is 0.0590. The van der Waals surface area contributed by atoms with Crippen LogP contribution in [0.4, 0.5) is 9.18 Å². The third kappa shape index (κ3) is 3.94. The van der Waals surface area contributed by atoms with Crippen LogP contribution in [0, 0.1) is 17.7 Å². The number of halogens is 2. The molecule has 1 aliphatic heterocycles. The van der Waals surface area contributed by atoms with Crippen molar-refractivity contribution in [3.05, 3.63) is 29.0 Å². The summed E-state index contributed by atoms with van der Waals surface area (Å²) < 4.78 is 24.5. The summed E-state index contributed by atoms with van der Waals surface area (Å²) in [4.78, 5) is 14.0. The summed E-state index contributed by atoms with van der Waals surface area (Å²) in [6.45, 7) is 7.03. The Bertz CT molecular complexity index is 617. The molecule has 3 rings (SSSR count). The monoisotopic (exact) mass is 355 g/mol. The van der Waals surface area contributed by atoms with E-state index in [9.17, 15) is 9.18 Å². The Balaban J connectivity index is 1.54. The number of amides is 1. The van der Waals surface area contributed by atoms with Gasteiger partial charge in [0.1, 0.15) is 17.2 Å². The molecule has 1 saturated carbocycles. The molecule has 1 aromatic rings. The molecule has 0 N–H and O–H groups in total. The normalized spacial score (nSPS) is 26.4. The van der Waals surface area contributed by atoms with Crippen LogP contribution in [0.15, 0.2) is 18.2 Å². The number of carbonyl (C=O) groups excluding carboxylic acids is 1. The summed E-state index contributed by atoms with van der Waals surface area (Å²) in [5.74, 6) is 0.985. The Kier molecular flexibility index (Phi) is 4.65. The van der Waals surface area contributed by atoms with Crippen molar-refractivity contribution in [3.63, 3.8) is 0 Å². The van der Waals surface area contributed by atoms with Crippen LogP contribution in [-0.2, 0) is 4.74 Å². The second-order valence-corrected chi connectivity index (χ2v) is 8.10. The van der Waals surface area contributed by atoms with Gasteiger partial charge in [0.2, 0.25) is 0 Å². The summed E-state index contributed by atoms with van der Waals surface area (Å²) in [6, 6.07) is 4.18. The van der Waals surface area contributed by atoms with Gasteiger partial charge in [-0.3, -0.25) is 0 Å². The fraction of sp³-hybridized carbons (Fsp3) is 0.611. The van der Waals surface area contributed by atoms with Crippen LogP contribution in [0.5, 0.6) is 5.75 Å². The molecule has 1 heterocycles. The third-order valence-electron chi connectivity index (χ3n) is 4.55. The van der Waals surface area contributed by atoms with E-state index in [0.717, 1.165) is 12.8 Å². The first-order valence-corrected chi connectivity index (χ1v) is 8.69. The van der Waals surface area contributed by atoms with Crippen molar-refractivity contribution in [3.8, 4) is 5.75 Å². The number of nitrogens with zero attached hydrogens (tertiary/aromatic N) is 1. The van der Waals surface area contributed by atoms with E-state index in [1.807, 2.05) is 20.8 Å². The molecular weight excluding hydrogens is 333 g/mol. The van der Waals surface area contributed by atoms with Gasteiger partial charge in [-0.05, 0) is 63.6 Å². The molecular formula is C18H23ClFNO3. The van der Waals surface area contributed by atoms with Crippen molar-refractivity contribution in [2.75, 3.05) is 13.1 Å². The zero-order valence-electron chi connectivity index (χ0n) is 14.2. The highest BCUT2D eigenvalue weighted by Gasteiger charge is 2.44.